The number of hydrogen-bond acceptors (Lipinski definition) is 5. The second-order valence-electron chi connectivity index (χ2n) is 6.70. The quantitative estimate of drug-likeness (QED) is 0.613. The molecular formula is C23H25ClN2O5. The maximum absolute atomic E-state index is 13.0. The average Bonchev–Trinajstić information content (AvgIpc) is 2.78. The normalized spacial score (nSPS) is 16.1. The number of para-hydroxylation sites is 1. The number of nitrogens with zero attached hydrogens (tertiary/aromatic N) is 1. The van der Waals surface area contributed by atoms with Crippen LogP contribution >= 0.6 is 11.6 Å². The lowest BCUT2D eigenvalue weighted by Gasteiger charge is -2.36. The molecule has 0 spiro atoms. The lowest BCUT2D eigenvalue weighted by atomic mass is 9.94. The van der Waals surface area contributed by atoms with Crippen LogP contribution in [0.2, 0.25) is 5.02 Å². The van der Waals surface area contributed by atoms with Crippen molar-refractivity contribution < 1.29 is 23.8 Å². The van der Waals surface area contributed by atoms with Gasteiger partial charge in [0.1, 0.15) is 18.1 Å². The smallest absolute Gasteiger partial charge is 0.338 e. The van der Waals surface area contributed by atoms with E-state index in [1.165, 1.54) is 4.90 Å². The fourth-order valence-electron chi connectivity index (χ4n) is 3.42. The third kappa shape index (κ3) is 4.94. The molecule has 1 heterocycles. The van der Waals surface area contributed by atoms with Crippen LogP contribution < -0.4 is 14.8 Å². The fraction of sp³-hybridized carbons (Fsp3) is 0.304. The molecule has 0 fully saturated rings. The van der Waals surface area contributed by atoms with E-state index in [4.69, 9.17) is 25.8 Å². The zero-order valence-electron chi connectivity index (χ0n) is 17.7. The Balaban J connectivity index is 2.09. The predicted octanol–water partition coefficient (Wildman–Crippen LogP) is 4.33. The summed E-state index contributed by atoms with van der Waals surface area (Å²) in [6.07, 6.45) is 0. The van der Waals surface area contributed by atoms with Gasteiger partial charge in [0.2, 0.25) is 0 Å². The molecule has 0 aliphatic carbocycles. The molecule has 2 aromatic rings. The molecule has 1 N–H and O–H groups in total. The number of carbonyl (C=O) groups excluding carboxylic acids is 2. The van der Waals surface area contributed by atoms with Crippen molar-refractivity contribution in [2.24, 2.45) is 0 Å². The molecule has 31 heavy (non-hydrogen) atoms. The van der Waals surface area contributed by atoms with Gasteiger partial charge in [0.05, 0.1) is 36.1 Å². The van der Waals surface area contributed by atoms with Crippen LogP contribution in [0, 0.1) is 0 Å². The number of rotatable bonds is 8. The Morgan fingerprint density at radius 2 is 1.94 bits per heavy atom. The van der Waals surface area contributed by atoms with Gasteiger partial charge in [-0.2, -0.15) is 0 Å². The number of hydrogen-bond donors (Lipinski definition) is 1. The van der Waals surface area contributed by atoms with E-state index in [0.717, 1.165) is 0 Å². The molecule has 0 saturated heterocycles. The van der Waals surface area contributed by atoms with Gasteiger partial charge in [-0.15, -0.1) is 0 Å². The lowest BCUT2D eigenvalue weighted by Crippen LogP contribution is -2.49. The number of amides is 2. The third-order valence-corrected chi connectivity index (χ3v) is 5.19. The summed E-state index contributed by atoms with van der Waals surface area (Å²) in [6, 6.07) is 13.2. The van der Waals surface area contributed by atoms with Crippen molar-refractivity contribution in [2.75, 3.05) is 26.9 Å². The Kier molecular flexibility index (Phi) is 7.41. The predicted molar refractivity (Wildman–Crippen MR) is 117 cm³/mol. The fourth-order valence-corrected chi connectivity index (χ4v) is 3.61. The number of urea groups is 1. The Bertz CT molecular complexity index is 991. The largest absolute Gasteiger partial charge is 0.497 e. The van der Waals surface area contributed by atoms with E-state index in [2.05, 4.69) is 5.32 Å². The molecule has 1 aliphatic rings. The zero-order valence-corrected chi connectivity index (χ0v) is 18.4. The molecule has 0 bridgehead atoms. The van der Waals surface area contributed by atoms with Crippen molar-refractivity contribution in [1.29, 1.82) is 0 Å². The summed E-state index contributed by atoms with van der Waals surface area (Å²) < 4.78 is 16.5. The first-order valence-corrected chi connectivity index (χ1v) is 10.4. The number of ether oxygens (including phenoxy) is 3. The van der Waals surface area contributed by atoms with Crippen molar-refractivity contribution in [3.05, 3.63) is 70.4 Å². The SMILES string of the molecule is CCOC(=O)C1=C(COc2ccccc2Cl)N(CC)C(=O)NC1c1cccc(OC)c1. The Morgan fingerprint density at radius 3 is 2.61 bits per heavy atom. The summed E-state index contributed by atoms with van der Waals surface area (Å²) in [6.45, 7) is 4.08. The first-order valence-electron chi connectivity index (χ1n) is 9.99. The topological polar surface area (TPSA) is 77.1 Å². The molecular weight excluding hydrogens is 420 g/mol. The van der Waals surface area contributed by atoms with Crippen LogP contribution in [0.4, 0.5) is 4.79 Å². The van der Waals surface area contributed by atoms with E-state index in [1.54, 1.807) is 56.5 Å². The Labute approximate surface area is 186 Å². The molecule has 1 aliphatic heterocycles. The van der Waals surface area contributed by atoms with E-state index >= 15 is 0 Å². The molecule has 0 aromatic heterocycles. The minimum absolute atomic E-state index is 0.0282. The molecule has 1 atom stereocenters. The maximum atomic E-state index is 13.0. The van der Waals surface area contributed by atoms with Gasteiger partial charge in [0.15, 0.2) is 0 Å². The molecule has 0 radical (unpaired) electrons. The standard InChI is InChI=1S/C23H25ClN2O5/c1-4-26-18(14-31-19-12-7-6-11-17(19)24)20(22(27)30-5-2)21(25-23(26)28)15-9-8-10-16(13-15)29-3/h6-13,21H,4-5,14H2,1-3H3,(H,25,28). The molecule has 2 amide bonds. The lowest BCUT2D eigenvalue weighted by molar-refractivity contribution is -0.139. The van der Waals surface area contributed by atoms with Crippen molar-refractivity contribution in [2.45, 2.75) is 19.9 Å². The summed E-state index contributed by atoms with van der Waals surface area (Å²) in [4.78, 5) is 27.4. The minimum Gasteiger partial charge on any atom is -0.497 e. The van der Waals surface area contributed by atoms with Gasteiger partial charge in [-0.3, -0.25) is 4.90 Å². The van der Waals surface area contributed by atoms with Crippen molar-refractivity contribution in [1.82, 2.24) is 10.2 Å². The van der Waals surface area contributed by atoms with E-state index < -0.39 is 12.0 Å². The van der Waals surface area contributed by atoms with Gasteiger partial charge in [-0.1, -0.05) is 35.9 Å². The van der Waals surface area contributed by atoms with Gasteiger partial charge >= 0.3 is 12.0 Å². The molecule has 0 saturated carbocycles. The van der Waals surface area contributed by atoms with Gasteiger partial charge in [0.25, 0.3) is 0 Å². The number of nitrogens with one attached hydrogen (secondary N) is 1. The summed E-state index contributed by atoms with van der Waals surface area (Å²) in [5.41, 5.74) is 1.43. The number of esters is 1. The summed E-state index contributed by atoms with van der Waals surface area (Å²) in [5, 5.41) is 3.34. The zero-order chi connectivity index (χ0) is 22.4. The van der Waals surface area contributed by atoms with Gasteiger partial charge in [0, 0.05) is 6.54 Å². The summed E-state index contributed by atoms with van der Waals surface area (Å²) in [5.74, 6) is 0.549. The van der Waals surface area contributed by atoms with Crippen LogP contribution in [0.3, 0.4) is 0 Å². The van der Waals surface area contributed by atoms with Crippen molar-refractivity contribution in [3.8, 4) is 11.5 Å². The molecule has 164 valence electrons. The highest BCUT2D eigenvalue weighted by Gasteiger charge is 2.38. The van der Waals surface area contributed by atoms with Gasteiger partial charge in [-0.25, -0.2) is 9.59 Å². The summed E-state index contributed by atoms with van der Waals surface area (Å²) in [7, 11) is 1.56. The Hall–Kier alpha value is -3.19. The number of likely N-dealkylation sites (N-methyl/N-ethyl adjacent to an activating group) is 1. The van der Waals surface area contributed by atoms with E-state index in [-0.39, 0.29) is 19.2 Å². The molecule has 8 heteroatoms. The first-order chi connectivity index (χ1) is 15.0. The highest BCUT2D eigenvalue weighted by atomic mass is 35.5. The summed E-state index contributed by atoms with van der Waals surface area (Å²) >= 11 is 6.21. The average molecular weight is 445 g/mol. The van der Waals surface area contributed by atoms with Crippen molar-refractivity contribution in [3.63, 3.8) is 0 Å². The highest BCUT2D eigenvalue weighted by molar-refractivity contribution is 6.32. The van der Waals surface area contributed by atoms with Crippen LogP contribution in [-0.2, 0) is 9.53 Å². The van der Waals surface area contributed by atoms with Crippen LogP contribution in [0.25, 0.3) is 0 Å². The molecule has 3 rings (SSSR count). The number of benzene rings is 2. The third-order valence-electron chi connectivity index (χ3n) is 4.88. The van der Waals surface area contributed by atoms with E-state index in [0.29, 0.717) is 39.9 Å². The molecule has 7 nitrogen and oxygen atoms in total. The van der Waals surface area contributed by atoms with Crippen LogP contribution in [-0.4, -0.2) is 43.8 Å². The first kappa shape index (κ1) is 22.5. The monoisotopic (exact) mass is 444 g/mol. The number of methoxy groups -OCH3 is 1. The van der Waals surface area contributed by atoms with Crippen molar-refractivity contribution >= 4 is 23.6 Å². The van der Waals surface area contributed by atoms with Gasteiger partial charge in [-0.05, 0) is 43.7 Å². The Morgan fingerprint density at radius 1 is 1.16 bits per heavy atom. The minimum atomic E-state index is -0.714. The number of halogens is 1. The number of carbonyl (C=O) groups is 2. The second-order valence-corrected chi connectivity index (χ2v) is 7.11. The molecule has 1 unspecified atom stereocenters. The van der Waals surface area contributed by atoms with Crippen LogP contribution in [0.15, 0.2) is 59.8 Å². The van der Waals surface area contributed by atoms with Gasteiger partial charge < -0.3 is 19.5 Å². The van der Waals surface area contributed by atoms with Crippen LogP contribution in [0.1, 0.15) is 25.5 Å². The highest BCUT2D eigenvalue weighted by Crippen LogP contribution is 2.34. The second kappa shape index (κ2) is 10.2. The van der Waals surface area contributed by atoms with E-state index in [1.807, 2.05) is 13.0 Å². The maximum Gasteiger partial charge on any atom is 0.338 e. The molecule has 2 aromatic carbocycles. The van der Waals surface area contributed by atoms with Crippen LogP contribution in [0.5, 0.6) is 11.5 Å². The van der Waals surface area contributed by atoms with E-state index in [9.17, 15) is 9.59 Å².